The molecule has 0 aromatic heterocycles. The predicted octanol–water partition coefficient (Wildman–Crippen LogP) is 3.68. The van der Waals surface area contributed by atoms with Gasteiger partial charge in [0.15, 0.2) is 5.78 Å². The molecular formula is C12H10F4O2. The van der Waals surface area contributed by atoms with E-state index in [1.165, 1.54) is 25.1 Å². The lowest BCUT2D eigenvalue weighted by molar-refractivity contribution is -0.253. The summed E-state index contributed by atoms with van der Waals surface area (Å²) in [5, 5.41) is 0. The van der Waals surface area contributed by atoms with Gasteiger partial charge in [-0.05, 0) is 24.6 Å². The summed E-state index contributed by atoms with van der Waals surface area (Å²) >= 11 is 0. The van der Waals surface area contributed by atoms with Gasteiger partial charge in [-0.3, -0.25) is 4.79 Å². The van der Waals surface area contributed by atoms with Crippen molar-refractivity contribution in [2.24, 2.45) is 0 Å². The highest BCUT2D eigenvalue weighted by atomic mass is 19.3. The Morgan fingerprint density at radius 3 is 2.39 bits per heavy atom. The van der Waals surface area contributed by atoms with Gasteiger partial charge in [-0.15, -0.1) is 0 Å². The number of para-hydroxylation sites is 1. The van der Waals surface area contributed by atoms with Crippen molar-refractivity contribution in [3.8, 4) is 5.75 Å². The molecule has 0 unspecified atom stereocenters. The second-order valence-corrected chi connectivity index (χ2v) is 3.57. The Hall–Kier alpha value is -1.85. The van der Waals surface area contributed by atoms with E-state index in [2.05, 4.69) is 11.3 Å². The van der Waals surface area contributed by atoms with Gasteiger partial charge in [0.25, 0.3) is 0 Å². The maximum absolute atomic E-state index is 12.8. The number of hydrogen-bond donors (Lipinski definition) is 0. The van der Waals surface area contributed by atoms with Crippen LogP contribution in [0.5, 0.6) is 5.75 Å². The molecule has 0 heterocycles. The fourth-order valence-corrected chi connectivity index (χ4v) is 1.16. The van der Waals surface area contributed by atoms with E-state index in [0.717, 1.165) is 6.07 Å². The van der Waals surface area contributed by atoms with Crippen molar-refractivity contribution in [1.29, 1.82) is 0 Å². The summed E-state index contributed by atoms with van der Waals surface area (Å²) in [5.74, 6) is -1.24. The molecule has 0 saturated heterocycles. The molecule has 1 aromatic carbocycles. The minimum absolute atomic E-state index is 0.0893. The quantitative estimate of drug-likeness (QED) is 0.459. The number of benzene rings is 1. The highest BCUT2D eigenvalue weighted by Gasteiger charge is 2.44. The molecule has 2 nitrogen and oxygen atoms in total. The number of alkyl halides is 4. The lowest BCUT2D eigenvalue weighted by atomic mass is 10.1. The molecule has 0 fully saturated rings. The van der Waals surface area contributed by atoms with Crippen LogP contribution in [0.1, 0.15) is 17.3 Å². The van der Waals surface area contributed by atoms with Crippen LogP contribution in [-0.4, -0.2) is 18.3 Å². The first-order valence-corrected chi connectivity index (χ1v) is 4.90. The number of hydrogen-bond acceptors (Lipinski definition) is 2. The SMILES string of the molecule is C=C(C)C(=O)c1ccccc1OC(F)(F)C(F)F. The molecule has 0 bridgehead atoms. The van der Waals surface area contributed by atoms with Crippen molar-refractivity contribution < 1.29 is 27.1 Å². The minimum atomic E-state index is -4.65. The zero-order valence-electron chi connectivity index (χ0n) is 9.42. The Morgan fingerprint density at radius 1 is 1.33 bits per heavy atom. The third-order valence-electron chi connectivity index (χ3n) is 2.02. The summed E-state index contributed by atoms with van der Waals surface area (Å²) in [7, 11) is 0. The van der Waals surface area contributed by atoms with Gasteiger partial charge in [-0.2, -0.15) is 17.6 Å². The van der Waals surface area contributed by atoms with E-state index < -0.39 is 24.1 Å². The Kier molecular flexibility index (Phi) is 4.11. The molecule has 1 rings (SSSR count). The highest BCUT2D eigenvalue weighted by molar-refractivity contribution is 6.09. The second kappa shape index (κ2) is 5.20. The number of Topliss-reactive ketones (excluding diaryl/α,β-unsaturated/α-hetero) is 1. The highest BCUT2D eigenvalue weighted by Crippen LogP contribution is 2.30. The van der Waals surface area contributed by atoms with Crippen LogP contribution in [0.4, 0.5) is 17.6 Å². The van der Waals surface area contributed by atoms with Crippen molar-refractivity contribution in [2.45, 2.75) is 19.5 Å². The Bertz CT molecular complexity index is 469. The van der Waals surface area contributed by atoms with Crippen LogP contribution in [0.15, 0.2) is 36.4 Å². The zero-order chi connectivity index (χ0) is 13.9. The molecule has 0 N–H and O–H groups in total. The molecule has 0 saturated carbocycles. The average molecular weight is 262 g/mol. The van der Waals surface area contributed by atoms with Gasteiger partial charge in [0.05, 0.1) is 5.56 Å². The molecule has 0 spiro atoms. The Morgan fingerprint density at radius 2 is 1.89 bits per heavy atom. The third-order valence-corrected chi connectivity index (χ3v) is 2.02. The van der Waals surface area contributed by atoms with Crippen molar-refractivity contribution in [3.63, 3.8) is 0 Å². The normalized spacial score (nSPS) is 11.4. The first-order valence-electron chi connectivity index (χ1n) is 4.90. The molecule has 0 aliphatic carbocycles. The molecule has 0 aliphatic heterocycles. The molecule has 0 amide bonds. The average Bonchev–Trinajstić information content (AvgIpc) is 2.28. The number of carbonyl (C=O) groups is 1. The lowest BCUT2D eigenvalue weighted by Gasteiger charge is -2.18. The van der Waals surface area contributed by atoms with Gasteiger partial charge in [-0.1, -0.05) is 18.7 Å². The van der Waals surface area contributed by atoms with Crippen LogP contribution in [0.25, 0.3) is 0 Å². The largest absolute Gasteiger partial charge is 0.461 e. The molecule has 0 radical (unpaired) electrons. The summed E-state index contributed by atoms with van der Waals surface area (Å²) in [4.78, 5) is 11.6. The van der Waals surface area contributed by atoms with Crippen LogP contribution >= 0.6 is 0 Å². The Balaban J connectivity index is 3.11. The van der Waals surface area contributed by atoms with E-state index >= 15 is 0 Å². The predicted molar refractivity (Wildman–Crippen MR) is 57.2 cm³/mol. The summed E-state index contributed by atoms with van der Waals surface area (Å²) in [5.41, 5.74) is -0.142. The van der Waals surface area contributed by atoms with Gasteiger partial charge in [0.1, 0.15) is 5.75 Å². The van der Waals surface area contributed by atoms with Crippen molar-refractivity contribution in [2.75, 3.05) is 0 Å². The molecule has 18 heavy (non-hydrogen) atoms. The number of carbonyl (C=O) groups excluding carboxylic acids is 1. The van der Waals surface area contributed by atoms with Gasteiger partial charge in [-0.25, -0.2) is 0 Å². The first-order chi connectivity index (χ1) is 8.25. The van der Waals surface area contributed by atoms with Gasteiger partial charge in [0, 0.05) is 0 Å². The minimum Gasteiger partial charge on any atom is -0.428 e. The van der Waals surface area contributed by atoms with Gasteiger partial charge < -0.3 is 4.74 Å². The Labute approximate surface area is 101 Å². The number of ether oxygens (including phenoxy) is 1. The van der Waals surface area contributed by atoms with Crippen LogP contribution in [0, 0.1) is 0 Å². The third kappa shape index (κ3) is 3.09. The van der Waals surface area contributed by atoms with E-state index in [0.29, 0.717) is 0 Å². The summed E-state index contributed by atoms with van der Waals surface area (Å²) in [6.07, 6.45) is -8.63. The van der Waals surface area contributed by atoms with Gasteiger partial charge in [0.2, 0.25) is 0 Å². The summed E-state index contributed by atoms with van der Waals surface area (Å²) in [6.45, 7) is 4.74. The van der Waals surface area contributed by atoms with E-state index in [1.54, 1.807) is 0 Å². The topological polar surface area (TPSA) is 26.3 Å². The van der Waals surface area contributed by atoms with Crippen molar-refractivity contribution in [3.05, 3.63) is 42.0 Å². The van der Waals surface area contributed by atoms with Crippen molar-refractivity contribution in [1.82, 2.24) is 0 Å². The standard InChI is InChI=1S/C12H10F4O2/c1-7(2)10(17)8-5-3-4-6-9(8)18-12(15,16)11(13)14/h3-6,11H,1H2,2H3. The zero-order valence-corrected chi connectivity index (χ0v) is 9.42. The number of ketones is 1. The molecule has 0 atom stereocenters. The number of allylic oxidation sites excluding steroid dienone is 1. The smallest absolute Gasteiger partial charge is 0.428 e. The van der Waals surface area contributed by atoms with Crippen LogP contribution in [0.3, 0.4) is 0 Å². The second-order valence-electron chi connectivity index (χ2n) is 3.57. The molecule has 1 aromatic rings. The van der Waals surface area contributed by atoms with E-state index in [4.69, 9.17) is 0 Å². The van der Waals surface area contributed by atoms with Crippen LogP contribution in [-0.2, 0) is 0 Å². The fraction of sp³-hybridized carbons (Fsp3) is 0.250. The fourth-order valence-electron chi connectivity index (χ4n) is 1.16. The molecule has 0 aliphatic rings. The summed E-state index contributed by atoms with van der Waals surface area (Å²) < 4.78 is 53.5. The van der Waals surface area contributed by atoms with Crippen LogP contribution in [0.2, 0.25) is 0 Å². The van der Waals surface area contributed by atoms with Crippen molar-refractivity contribution >= 4 is 5.78 Å². The van der Waals surface area contributed by atoms with Crippen LogP contribution < -0.4 is 4.74 Å². The first kappa shape index (κ1) is 14.2. The van der Waals surface area contributed by atoms with E-state index in [1.807, 2.05) is 0 Å². The van der Waals surface area contributed by atoms with E-state index in [9.17, 15) is 22.4 Å². The lowest BCUT2D eigenvalue weighted by Crippen LogP contribution is -2.34. The molecule has 98 valence electrons. The maximum Gasteiger partial charge on any atom is 0.461 e. The molecule has 6 heteroatoms. The van der Waals surface area contributed by atoms with E-state index in [-0.39, 0.29) is 11.1 Å². The molecular weight excluding hydrogens is 252 g/mol. The summed E-state index contributed by atoms with van der Waals surface area (Å²) in [6, 6.07) is 4.93. The maximum atomic E-state index is 12.8. The number of rotatable bonds is 5. The van der Waals surface area contributed by atoms with Gasteiger partial charge >= 0.3 is 12.5 Å². The number of halogens is 4. The monoisotopic (exact) mass is 262 g/mol.